The topological polar surface area (TPSA) is 54.9 Å². The van der Waals surface area contributed by atoms with E-state index in [4.69, 9.17) is 0 Å². The third-order valence-corrected chi connectivity index (χ3v) is 1.81. The molecule has 0 aliphatic heterocycles. The highest BCUT2D eigenvalue weighted by atomic mass is 16.6. The molecular weight excluding hydrogens is 168 g/mol. The minimum absolute atomic E-state index is 0.252. The highest BCUT2D eigenvalue weighted by Gasteiger charge is 2.04. The zero-order valence-corrected chi connectivity index (χ0v) is 6.75. The number of benzene rings is 1. The third kappa shape index (κ3) is 1.22. The molecule has 13 heavy (non-hydrogen) atoms. The lowest BCUT2D eigenvalue weighted by Gasteiger charge is -2.08. The Morgan fingerprint density at radius 1 is 1.08 bits per heavy atom. The van der Waals surface area contributed by atoms with E-state index in [9.17, 15) is 10.4 Å². The quantitative estimate of drug-likeness (QED) is 0.482. The molecule has 0 unspecified atom stereocenters. The first-order chi connectivity index (χ1) is 6.29. The standard InChI is InChI=1S/C9H7N2O2/c12-10-7-6-9(11(10)13)8-4-2-1-3-5-8/h1-7H/q-1. The summed E-state index contributed by atoms with van der Waals surface area (Å²) in [6.07, 6.45) is 1.19. The van der Waals surface area contributed by atoms with Gasteiger partial charge in [-0.05, 0) is 0 Å². The van der Waals surface area contributed by atoms with Crippen LogP contribution in [0.2, 0.25) is 0 Å². The van der Waals surface area contributed by atoms with E-state index in [0.29, 0.717) is 10.5 Å². The molecule has 0 aliphatic carbocycles. The van der Waals surface area contributed by atoms with Gasteiger partial charge in [0, 0.05) is 11.6 Å². The number of hydrogen-bond donors (Lipinski definition) is 0. The summed E-state index contributed by atoms with van der Waals surface area (Å²) in [6.45, 7) is 0. The molecule has 0 radical (unpaired) electrons. The predicted octanol–water partition coefficient (Wildman–Crippen LogP) is 1.13. The molecule has 1 heterocycles. The number of hydrogen-bond acceptors (Lipinski definition) is 2. The van der Waals surface area contributed by atoms with Crippen LogP contribution in [-0.4, -0.2) is 4.85 Å². The van der Waals surface area contributed by atoms with Gasteiger partial charge in [0.05, 0.1) is 0 Å². The first-order valence-corrected chi connectivity index (χ1v) is 3.83. The van der Waals surface area contributed by atoms with Crippen molar-refractivity contribution < 1.29 is 4.85 Å². The van der Waals surface area contributed by atoms with Crippen molar-refractivity contribution in [2.75, 3.05) is 0 Å². The summed E-state index contributed by atoms with van der Waals surface area (Å²) in [7, 11) is 0. The molecule has 0 spiro atoms. The van der Waals surface area contributed by atoms with Crippen molar-refractivity contribution in [1.82, 2.24) is 4.85 Å². The number of nitrogens with zero attached hydrogens (tertiary/aromatic N) is 2. The Hall–Kier alpha value is -1.97. The van der Waals surface area contributed by atoms with Crippen LogP contribution >= 0.6 is 0 Å². The van der Waals surface area contributed by atoms with E-state index in [1.54, 1.807) is 12.1 Å². The maximum atomic E-state index is 11.1. The average Bonchev–Trinajstić information content (AvgIpc) is 2.49. The van der Waals surface area contributed by atoms with E-state index in [-0.39, 0.29) is 4.85 Å². The zero-order chi connectivity index (χ0) is 9.26. The molecule has 0 bridgehead atoms. The molecule has 1 aromatic heterocycles. The van der Waals surface area contributed by atoms with E-state index in [1.807, 2.05) is 18.2 Å². The predicted molar refractivity (Wildman–Crippen MR) is 47.6 cm³/mol. The maximum Gasteiger partial charge on any atom is 0.209 e. The van der Waals surface area contributed by atoms with Gasteiger partial charge >= 0.3 is 0 Å². The molecule has 0 atom stereocenters. The minimum atomic E-state index is 0.252. The van der Waals surface area contributed by atoms with Crippen molar-refractivity contribution >= 4 is 0 Å². The Kier molecular flexibility index (Phi) is 1.66. The van der Waals surface area contributed by atoms with Gasteiger partial charge in [0.2, 0.25) is 6.20 Å². The third-order valence-electron chi connectivity index (χ3n) is 1.81. The summed E-state index contributed by atoms with van der Waals surface area (Å²) in [5.74, 6) is 0. The van der Waals surface area contributed by atoms with Gasteiger partial charge in [-0.15, -0.1) is 0 Å². The molecule has 0 saturated carbocycles. The van der Waals surface area contributed by atoms with Gasteiger partial charge < -0.3 is 10.4 Å². The van der Waals surface area contributed by atoms with Crippen molar-refractivity contribution in [2.45, 2.75) is 0 Å². The van der Waals surface area contributed by atoms with Crippen molar-refractivity contribution in [3.63, 3.8) is 0 Å². The summed E-state index contributed by atoms with van der Waals surface area (Å²) >= 11 is 0. The first-order valence-electron chi connectivity index (χ1n) is 3.83. The fourth-order valence-corrected chi connectivity index (χ4v) is 1.18. The van der Waals surface area contributed by atoms with E-state index >= 15 is 0 Å². The molecule has 66 valence electrons. The van der Waals surface area contributed by atoms with Gasteiger partial charge in [0.1, 0.15) is 5.69 Å². The second kappa shape index (κ2) is 2.82. The SMILES string of the molecule is [O-]n1c(-c2ccccc2)cc[n+]1[O-]. The molecule has 0 N–H and O–H groups in total. The van der Waals surface area contributed by atoms with Crippen molar-refractivity contribution in [3.05, 3.63) is 53.0 Å². The van der Waals surface area contributed by atoms with Crippen LogP contribution in [0.5, 0.6) is 0 Å². The lowest BCUT2D eigenvalue weighted by molar-refractivity contribution is -0.683. The molecule has 0 fully saturated rings. The van der Waals surface area contributed by atoms with Gasteiger partial charge in [0.25, 0.3) is 0 Å². The van der Waals surface area contributed by atoms with Crippen LogP contribution in [0.1, 0.15) is 0 Å². The Balaban J connectivity index is 2.53. The van der Waals surface area contributed by atoms with Gasteiger partial charge in [-0.3, -0.25) is 0 Å². The fourth-order valence-electron chi connectivity index (χ4n) is 1.18. The van der Waals surface area contributed by atoms with Crippen LogP contribution in [-0.2, 0) is 0 Å². The summed E-state index contributed by atoms with van der Waals surface area (Å²) < 4.78 is 0. The lowest BCUT2D eigenvalue weighted by Crippen LogP contribution is -2.33. The highest BCUT2D eigenvalue weighted by molar-refractivity contribution is 5.58. The second-order valence-corrected chi connectivity index (χ2v) is 2.64. The summed E-state index contributed by atoms with van der Waals surface area (Å²) in [5.41, 5.74) is 1.11. The molecule has 0 amide bonds. The van der Waals surface area contributed by atoms with Crippen LogP contribution in [0.3, 0.4) is 0 Å². The van der Waals surface area contributed by atoms with Crippen LogP contribution in [0.4, 0.5) is 0 Å². The molecule has 2 aromatic rings. The van der Waals surface area contributed by atoms with E-state index < -0.39 is 0 Å². The van der Waals surface area contributed by atoms with Gasteiger partial charge in [-0.2, -0.15) is 4.85 Å². The normalized spacial score (nSPS) is 10.2. The fraction of sp³-hybridized carbons (Fsp3) is 0. The Morgan fingerprint density at radius 2 is 1.77 bits per heavy atom. The molecular formula is C9H7N2O2-. The molecule has 0 aliphatic rings. The molecule has 4 heteroatoms. The molecule has 2 rings (SSSR count). The summed E-state index contributed by atoms with van der Waals surface area (Å²) in [6, 6.07) is 10.5. The van der Waals surface area contributed by atoms with E-state index in [0.717, 1.165) is 5.56 Å². The maximum absolute atomic E-state index is 11.1. The molecule has 4 nitrogen and oxygen atoms in total. The number of aromatic nitrogens is 2. The van der Waals surface area contributed by atoms with E-state index in [1.165, 1.54) is 12.3 Å². The minimum Gasteiger partial charge on any atom is -0.758 e. The molecule has 1 aromatic carbocycles. The lowest BCUT2D eigenvalue weighted by atomic mass is 10.2. The summed E-state index contributed by atoms with van der Waals surface area (Å²) in [5, 5.41) is 21.9. The van der Waals surface area contributed by atoms with Gasteiger partial charge in [-0.25, -0.2) is 0 Å². The van der Waals surface area contributed by atoms with Crippen LogP contribution in [0, 0.1) is 10.4 Å². The summed E-state index contributed by atoms with van der Waals surface area (Å²) in [4.78, 5) is 0.567. The van der Waals surface area contributed by atoms with Gasteiger partial charge in [-0.1, -0.05) is 35.2 Å². The Labute approximate surface area is 74.8 Å². The van der Waals surface area contributed by atoms with Crippen molar-refractivity contribution in [1.29, 1.82) is 0 Å². The van der Waals surface area contributed by atoms with Crippen LogP contribution < -0.4 is 4.85 Å². The average molecular weight is 175 g/mol. The van der Waals surface area contributed by atoms with Crippen molar-refractivity contribution in [2.24, 2.45) is 0 Å². The number of rotatable bonds is 1. The van der Waals surface area contributed by atoms with E-state index in [2.05, 4.69) is 0 Å². The zero-order valence-electron chi connectivity index (χ0n) is 6.75. The van der Waals surface area contributed by atoms with Crippen LogP contribution in [0.15, 0.2) is 42.6 Å². The smallest absolute Gasteiger partial charge is 0.209 e. The monoisotopic (exact) mass is 175 g/mol. The van der Waals surface area contributed by atoms with Crippen LogP contribution in [0.25, 0.3) is 11.3 Å². The highest BCUT2D eigenvalue weighted by Crippen LogP contribution is 2.16. The Bertz CT molecular complexity index is 409. The first kappa shape index (κ1) is 7.67. The Morgan fingerprint density at radius 3 is 2.31 bits per heavy atom. The largest absolute Gasteiger partial charge is 0.758 e. The van der Waals surface area contributed by atoms with Crippen molar-refractivity contribution in [3.8, 4) is 11.3 Å². The second-order valence-electron chi connectivity index (χ2n) is 2.64. The van der Waals surface area contributed by atoms with Gasteiger partial charge in [0.15, 0.2) is 0 Å². The molecule has 0 saturated heterocycles.